The van der Waals surface area contributed by atoms with E-state index in [4.69, 9.17) is 21.1 Å². The van der Waals surface area contributed by atoms with Gasteiger partial charge in [-0.1, -0.05) is 17.7 Å². The molecule has 1 aliphatic heterocycles. The van der Waals surface area contributed by atoms with Crippen molar-refractivity contribution in [2.75, 3.05) is 36.3 Å². The number of amides is 3. The summed E-state index contributed by atoms with van der Waals surface area (Å²) in [6, 6.07) is 10.1. The van der Waals surface area contributed by atoms with Crippen LogP contribution in [0.1, 0.15) is 13.3 Å². The summed E-state index contributed by atoms with van der Waals surface area (Å²) in [4.78, 5) is 38.2. The van der Waals surface area contributed by atoms with Gasteiger partial charge < -0.3 is 25.0 Å². The van der Waals surface area contributed by atoms with Gasteiger partial charge in [-0.25, -0.2) is 0 Å². The number of nitrogens with one attached hydrogen (secondary N) is 2. The summed E-state index contributed by atoms with van der Waals surface area (Å²) in [5, 5.41) is 5.72. The lowest BCUT2D eigenvalue weighted by Crippen LogP contribution is -2.28. The molecule has 0 spiro atoms. The average molecular weight is 432 g/mol. The fraction of sp³-hybridized carbons (Fsp3) is 0.286. The van der Waals surface area contributed by atoms with E-state index in [0.717, 1.165) is 0 Å². The van der Waals surface area contributed by atoms with Crippen LogP contribution in [-0.4, -0.2) is 38.5 Å². The Morgan fingerprint density at radius 3 is 2.57 bits per heavy atom. The van der Waals surface area contributed by atoms with Gasteiger partial charge in [0.2, 0.25) is 17.7 Å². The Kier molecular flexibility index (Phi) is 6.47. The highest BCUT2D eigenvalue weighted by atomic mass is 35.5. The first-order valence-corrected chi connectivity index (χ1v) is 9.60. The van der Waals surface area contributed by atoms with Gasteiger partial charge >= 0.3 is 0 Å². The summed E-state index contributed by atoms with van der Waals surface area (Å²) in [5.74, 6) is -0.433. The van der Waals surface area contributed by atoms with Crippen LogP contribution in [0.4, 0.5) is 17.1 Å². The largest absolute Gasteiger partial charge is 0.497 e. The predicted octanol–water partition coefficient (Wildman–Crippen LogP) is 3.31. The molecule has 0 aliphatic carbocycles. The summed E-state index contributed by atoms with van der Waals surface area (Å²) >= 11 is 6.27. The Morgan fingerprint density at radius 2 is 1.90 bits per heavy atom. The summed E-state index contributed by atoms with van der Waals surface area (Å²) < 4.78 is 10.5. The van der Waals surface area contributed by atoms with Crippen LogP contribution in [0.25, 0.3) is 0 Å². The number of halogens is 1. The molecule has 0 bridgehead atoms. The van der Waals surface area contributed by atoms with E-state index in [9.17, 15) is 14.4 Å². The first kappa shape index (κ1) is 21.4. The monoisotopic (exact) mass is 431 g/mol. The minimum absolute atomic E-state index is 0.0618. The molecule has 8 nitrogen and oxygen atoms in total. The van der Waals surface area contributed by atoms with Crippen LogP contribution in [0.15, 0.2) is 36.4 Å². The molecule has 0 saturated carbocycles. The molecule has 30 heavy (non-hydrogen) atoms. The Bertz CT molecular complexity index is 995. The van der Waals surface area contributed by atoms with Crippen molar-refractivity contribution in [2.24, 2.45) is 5.92 Å². The molecule has 2 aromatic rings. The number of anilines is 3. The van der Waals surface area contributed by atoms with Gasteiger partial charge in [-0.3, -0.25) is 14.4 Å². The maximum Gasteiger partial charge on any atom is 0.229 e. The molecule has 1 fully saturated rings. The number of ether oxygens (including phenoxy) is 2. The summed E-state index contributed by atoms with van der Waals surface area (Å²) in [6.45, 7) is 1.62. The lowest BCUT2D eigenvalue weighted by molar-refractivity contribution is -0.122. The number of nitrogens with zero attached hydrogens (tertiary/aromatic N) is 1. The number of rotatable bonds is 6. The van der Waals surface area contributed by atoms with Crippen molar-refractivity contribution in [2.45, 2.75) is 13.3 Å². The third-order valence-corrected chi connectivity index (χ3v) is 5.00. The van der Waals surface area contributed by atoms with E-state index >= 15 is 0 Å². The summed E-state index contributed by atoms with van der Waals surface area (Å²) in [5.41, 5.74) is 1.51. The Labute approximate surface area is 179 Å². The maximum absolute atomic E-state index is 12.8. The van der Waals surface area contributed by atoms with E-state index < -0.39 is 5.92 Å². The second kappa shape index (κ2) is 9.04. The highest BCUT2D eigenvalue weighted by Crippen LogP contribution is 2.37. The molecule has 1 heterocycles. The number of hydrogen-bond donors (Lipinski definition) is 2. The van der Waals surface area contributed by atoms with Gasteiger partial charge in [-0.2, -0.15) is 0 Å². The van der Waals surface area contributed by atoms with E-state index in [-0.39, 0.29) is 35.7 Å². The standard InChI is InChI=1S/C21H22ClN3O5/c1-12(26)23-14-5-4-6-15(8-14)25-11-13(7-19(25)27)21(28)24-20-17(22)9-16(29-2)10-18(20)30-3/h4-6,8-10,13H,7,11H2,1-3H3,(H,23,26)(H,24,28)/t13-/m0/s1. The third-order valence-electron chi connectivity index (χ3n) is 4.71. The van der Waals surface area contributed by atoms with Gasteiger partial charge in [-0.05, 0) is 18.2 Å². The van der Waals surface area contributed by atoms with E-state index in [1.807, 2.05) is 0 Å². The lowest BCUT2D eigenvalue weighted by Gasteiger charge is -2.18. The zero-order valence-electron chi connectivity index (χ0n) is 16.8. The van der Waals surface area contributed by atoms with Gasteiger partial charge in [-0.15, -0.1) is 0 Å². The van der Waals surface area contributed by atoms with E-state index in [0.29, 0.717) is 28.6 Å². The van der Waals surface area contributed by atoms with E-state index in [1.54, 1.807) is 36.4 Å². The zero-order chi connectivity index (χ0) is 21.8. The normalized spacial score (nSPS) is 15.7. The molecule has 0 aromatic heterocycles. The van der Waals surface area contributed by atoms with Crippen molar-refractivity contribution < 1.29 is 23.9 Å². The van der Waals surface area contributed by atoms with Crippen LogP contribution in [-0.2, 0) is 14.4 Å². The minimum atomic E-state index is -0.565. The maximum atomic E-state index is 12.8. The molecule has 1 saturated heterocycles. The van der Waals surface area contributed by atoms with Gasteiger partial charge in [0.15, 0.2) is 0 Å². The highest BCUT2D eigenvalue weighted by molar-refractivity contribution is 6.34. The summed E-state index contributed by atoms with van der Waals surface area (Å²) in [7, 11) is 2.96. The Morgan fingerprint density at radius 1 is 1.13 bits per heavy atom. The molecular weight excluding hydrogens is 410 g/mol. The van der Waals surface area contributed by atoms with Crippen molar-refractivity contribution in [3.8, 4) is 11.5 Å². The molecule has 9 heteroatoms. The van der Waals surface area contributed by atoms with E-state index in [2.05, 4.69) is 10.6 Å². The van der Waals surface area contributed by atoms with Crippen molar-refractivity contribution in [3.05, 3.63) is 41.4 Å². The molecule has 0 unspecified atom stereocenters. The smallest absolute Gasteiger partial charge is 0.229 e. The van der Waals surface area contributed by atoms with Gasteiger partial charge in [0.25, 0.3) is 0 Å². The first-order valence-electron chi connectivity index (χ1n) is 9.22. The number of hydrogen-bond acceptors (Lipinski definition) is 5. The number of benzene rings is 2. The SMILES string of the molecule is COc1cc(Cl)c(NC(=O)[C@H]2CC(=O)N(c3cccc(NC(C)=O)c3)C2)c(OC)c1. The lowest BCUT2D eigenvalue weighted by atomic mass is 10.1. The predicted molar refractivity (Wildman–Crippen MR) is 114 cm³/mol. The molecule has 158 valence electrons. The number of methoxy groups -OCH3 is 2. The van der Waals surface area contributed by atoms with Crippen LogP contribution in [0.3, 0.4) is 0 Å². The molecular formula is C21H22ClN3O5. The number of carbonyl (C=O) groups is 3. The molecule has 2 N–H and O–H groups in total. The van der Waals surface area contributed by atoms with Gasteiger partial charge in [0, 0.05) is 43.4 Å². The van der Waals surface area contributed by atoms with Crippen molar-refractivity contribution in [1.82, 2.24) is 0 Å². The molecule has 3 amide bonds. The van der Waals surface area contributed by atoms with Gasteiger partial charge in [0.05, 0.1) is 25.2 Å². The molecule has 0 radical (unpaired) electrons. The summed E-state index contributed by atoms with van der Waals surface area (Å²) in [6.07, 6.45) is 0.0618. The highest BCUT2D eigenvalue weighted by Gasteiger charge is 2.35. The van der Waals surface area contributed by atoms with Crippen LogP contribution >= 0.6 is 11.6 Å². The second-order valence-electron chi connectivity index (χ2n) is 6.81. The molecule has 1 aliphatic rings. The third kappa shape index (κ3) is 4.65. The Balaban J connectivity index is 1.75. The number of carbonyl (C=O) groups excluding carboxylic acids is 3. The molecule has 1 atom stereocenters. The van der Waals surface area contributed by atoms with Crippen molar-refractivity contribution in [3.63, 3.8) is 0 Å². The minimum Gasteiger partial charge on any atom is -0.497 e. The fourth-order valence-electron chi connectivity index (χ4n) is 3.27. The van der Waals surface area contributed by atoms with Crippen LogP contribution in [0, 0.1) is 5.92 Å². The Hall–Kier alpha value is -3.26. The van der Waals surface area contributed by atoms with Crippen molar-refractivity contribution >= 4 is 46.4 Å². The van der Waals surface area contributed by atoms with Crippen LogP contribution in [0.2, 0.25) is 5.02 Å². The van der Waals surface area contributed by atoms with Crippen LogP contribution < -0.4 is 25.0 Å². The first-order chi connectivity index (χ1) is 14.3. The zero-order valence-corrected chi connectivity index (χ0v) is 17.6. The molecule has 3 rings (SSSR count). The van der Waals surface area contributed by atoms with Gasteiger partial charge in [0.1, 0.15) is 17.2 Å². The van der Waals surface area contributed by atoms with E-state index in [1.165, 1.54) is 26.0 Å². The van der Waals surface area contributed by atoms with Crippen LogP contribution in [0.5, 0.6) is 11.5 Å². The average Bonchev–Trinajstić information content (AvgIpc) is 3.10. The molecule has 2 aromatic carbocycles. The fourth-order valence-corrected chi connectivity index (χ4v) is 3.52. The topological polar surface area (TPSA) is 97.0 Å². The second-order valence-corrected chi connectivity index (χ2v) is 7.22. The quantitative estimate of drug-likeness (QED) is 0.731. The van der Waals surface area contributed by atoms with Crippen molar-refractivity contribution in [1.29, 1.82) is 0 Å².